The third-order valence-corrected chi connectivity index (χ3v) is 6.11. The molecule has 1 N–H and O–H groups in total. The number of nitrogens with zero attached hydrogens (tertiary/aromatic N) is 2. The Labute approximate surface area is 208 Å². The second-order valence-corrected chi connectivity index (χ2v) is 9.16. The van der Waals surface area contributed by atoms with E-state index >= 15 is 0 Å². The van der Waals surface area contributed by atoms with E-state index in [9.17, 15) is 9.59 Å². The summed E-state index contributed by atoms with van der Waals surface area (Å²) in [5.41, 5.74) is 5.68. The van der Waals surface area contributed by atoms with Gasteiger partial charge in [-0.2, -0.15) is 9.78 Å². The Hall–Kier alpha value is -3.90. The van der Waals surface area contributed by atoms with E-state index < -0.39 is 5.97 Å². The Kier molecular flexibility index (Phi) is 6.14. The minimum absolute atomic E-state index is 0.221. The number of carbonyl (C=O) groups excluding carboxylic acids is 2. The largest absolute Gasteiger partial charge is 0.407 e. The SMILES string of the molecule is CC(=O)Oc1c(-c2ccc(NC(=O)c3ccc(Cl)cc3)cc2)c(C2CC2)nn1-c1cccc(C)c1. The zero-order valence-electron chi connectivity index (χ0n) is 19.4. The summed E-state index contributed by atoms with van der Waals surface area (Å²) in [5.74, 6) is 0.104. The molecule has 4 aromatic rings. The molecule has 1 aliphatic rings. The number of amides is 1. The maximum absolute atomic E-state index is 12.6. The van der Waals surface area contributed by atoms with E-state index in [0.717, 1.165) is 40.9 Å². The average Bonchev–Trinajstić information content (AvgIpc) is 3.61. The second-order valence-electron chi connectivity index (χ2n) is 8.72. The Balaban J connectivity index is 1.51. The highest BCUT2D eigenvalue weighted by molar-refractivity contribution is 6.30. The fourth-order valence-corrected chi connectivity index (χ4v) is 4.15. The van der Waals surface area contributed by atoms with Gasteiger partial charge in [0.1, 0.15) is 0 Å². The van der Waals surface area contributed by atoms with Gasteiger partial charge >= 0.3 is 5.97 Å². The number of hydrogen-bond acceptors (Lipinski definition) is 4. The molecule has 35 heavy (non-hydrogen) atoms. The first-order valence-corrected chi connectivity index (χ1v) is 11.8. The van der Waals surface area contributed by atoms with Crippen LogP contribution in [0.4, 0.5) is 5.69 Å². The lowest BCUT2D eigenvalue weighted by Gasteiger charge is -2.11. The van der Waals surface area contributed by atoms with Crippen molar-refractivity contribution in [3.63, 3.8) is 0 Å². The zero-order valence-corrected chi connectivity index (χ0v) is 20.2. The first-order chi connectivity index (χ1) is 16.9. The topological polar surface area (TPSA) is 73.2 Å². The minimum Gasteiger partial charge on any atom is -0.407 e. The van der Waals surface area contributed by atoms with Gasteiger partial charge in [0.2, 0.25) is 5.88 Å². The molecule has 0 bridgehead atoms. The molecule has 0 unspecified atom stereocenters. The van der Waals surface area contributed by atoms with Crippen LogP contribution in [-0.4, -0.2) is 21.7 Å². The molecule has 0 saturated heterocycles. The van der Waals surface area contributed by atoms with E-state index in [0.29, 0.717) is 28.1 Å². The van der Waals surface area contributed by atoms with Crippen LogP contribution in [0.15, 0.2) is 72.8 Å². The lowest BCUT2D eigenvalue weighted by molar-refractivity contribution is -0.132. The standard InChI is InChI=1S/C28H24ClN3O3/c1-17-4-3-5-24(16-17)32-28(35-18(2)33)25(26(31-32)20-6-7-20)19-10-14-23(15-11-19)30-27(34)21-8-12-22(29)13-9-21/h3-5,8-16,20H,6-7H2,1-2H3,(H,30,34). The van der Waals surface area contributed by atoms with Crippen molar-refractivity contribution in [1.82, 2.24) is 9.78 Å². The van der Waals surface area contributed by atoms with Crippen molar-refractivity contribution in [1.29, 1.82) is 0 Å². The third kappa shape index (κ3) is 4.98. The van der Waals surface area contributed by atoms with Gasteiger partial charge in [0, 0.05) is 29.1 Å². The number of anilines is 1. The van der Waals surface area contributed by atoms with E-state index in [4.69, 9.17) is 21.4 Å². The fourth-order valence-electron chi connectivity index (χ4n) is 4.02. The molecule has 1 fully saturated rings. The Morgan fingerprint density at radius 1 is 1.03 bits per heavy atom. The van der Waals surface area contributed by atoms with Crippen molar-refractivity contribution in [3.05, 3.63) is 94.6 Å². The summed E-state index contributed by atoms with van der Waals surface area (Å²) in [6.45, 7) is 3.40. The van der Waals surface area contributed by atoms with Gasteiger partial charge in [-0.25, -0.2) is 0 Å². The summed E-state index contributed by atoms with van der Waals surface area (Å²) >= 11 is 5.91. The monoisotopic (exact) mass is 485 g/mol. The molecule has 1 amide bonds. The zero-order chi connectivity index (χ0) is 24.5. The lowest BCUT2D eigenvalue weighted by atomic mass is 10.0. The number of nitrogens with one attached hydrogen (secondary N) is 1. The van der Waals surface area contributed by atoms with Gasteiger partial charge in [-0.1, -0.05) is 35.9 Å². The number of carbonyl (C=O) groups is 2. The Morgan fingerprint density at radius 2 is 1.74 bits per heavy atom. The number of benzene rings is 3. The number of halogens is 1. The van der Waals surface area contributed by atoms with Crippen molar-refractivity contribution in [2.45, 2.75) is 32.6 Å². The minimum atomic E-state index is -0.408. The summed E-state index contributed by atoms with van der Waals surface area (Å²) in [6, 6.07) is 22.1. The van der Waals surface area contributed by atoms with Crippen molar-refractivity contribution < 1.29 is 14.3 Å². The molecular formula is C28H24ClN3O3. The lowest BCUT2D eigenvalue weighted by Crippen LogP contribution is -2.11. The maximum Gasteiger partial charge on any atom is 0.309 e. The Morgan fingerprint density at radius 3 is 2.37 bits per heavy atom. The van der Waals surface area contributed by atoms with E-state index in [1.165, 1.54) is 6.92 Å². The van der Waals surface area contributed by atoms with Gasteiger partial charge in [-0.05, 0) is 79.4 Å². The molecule has 3 aromatic carbocycles. The number of rotatable bonds is 6. The number of ether oxygens (including phenoxy) is 1. The first kappa shape index (κ1) is 22.9. The van der Waals surface area contributed by atoms with E-state index in [1.54, 1.807) is 28.9 Å². The molecule has 1 saturated carbocycles. The predicted molar refractivity (Wildman–Crippen MR) is 136 cm³/mol. The molecule has 0 radical (unpaired) electrons. The molecule has 7 heteroatoms. The maximum atomic E-state index is 12.6. The number of esters is 1. The van der Waals surface area contributed by atoms with E-state index in [1.807, 2.05) is 55.5 Å². The molecular weight excluding hydrogens is 462 g/mol. The summed E-state index contributed by atoms with van der Waals surface area (Å²) in [4.78, 5) is 24.6. The third-order valence-electron chi connectivity index (χ3n) is 5.86. The molecule has 1 heterocycles. The highest BCUT2D eigenvalue weighted by Crippen LogP contribution is 2.48. The van der Waals surface area contributed by atoms with Gasteiger partial charge in [0.15, 0.2) is 0 Å². The van der Waals surface area contributed by atoms with Crippen LogP contribution in [0.25, 0.3) is 16.8 Å². The van der Waals surface area contributed by atoms with Gasteiger partial charge in [-0.3, -0.25) is 9.59 Å². The fraction of sp³-hybridized carbons (Fsp3) is 0.179. The van der Waals surface area contributed by atoms with Crippen LogP contribution in [0.3, 0.4) is 0 Å². The summed E-state index contributed by atoms with van der Waals surface area (Å²) in [7, 11) is 0. The molecule has 5 rings (SSSR count). The predicted octanol–water partition coefficient (Wildman–Crippen LogP) is 6.56. The highest BCUT2D eigenvalue weighted by atomic mass is 35.5. The van der Waals surface area contributed by atoms with Crippen LogP contribution in [0, 0.1) is 6.92 Å². The molecule has 6 nitrogen and oxygen atoms in total. The van der Waals surface area contributed by atoms with Crippen molar-refractivity contribution in [3.8, 4) is 22.7 Å². The van der Waals surface area contributed by atoms with Crippen LogP contribution in [0.2, 0.25) is 5.02 Å². The molecule has 0 aliphatic heterocycles. The molecule has 1 aliphatic carbocycles. The molecule has 0 atom stereocenters. The quantitative estimate of drug-likeness (QED) is 0.314. The molecule has 0 spiro atoms. The average molecular weight is 486 g/mol. The second kappa shape index (κ2) is 9.39. The smallest absolute Gasteiger partial charge is 0.309 e. The summed E-state index contributed by atoms with van der Waals surface area (Å²) in [6.07, 6.45) is 2.10. The van der Waals surface area contributed by atoms with Crippen LogP contribution < -0.4 is 10.1 Å². The van der Waals surface area contributed by atoms with E-state index in [2.05, 4.69) is 5.32 Å². The van der Waals surface area contributed by atoms with Crippen LogP contribution in [0.1, 0.15) is 47.3 Å². The molecule has 176 valence electrons. The van der Waals surface area contributed by atoms with Crippen molar-refractivity contribution >= 4 is 29.2 Å². The first-order valence-electron chi connectivity index (χ1n) is 11.4. The van der Waals surface area contributed by atoms with Crippen molar-refractivity contribution in [2.75, 3.05) is 5.32 Å². The van der Waals surface area contributed by atoms with Gasteiger partial charge < -0.3 is 10.1 Å². The van der Waals surface area contributed by atoms with Crippen molar-refractivity contribution in [2.24, 2.45) is 0 Å². The van der Waals surface area contributed by atoms with E-state index in [-0.39, 0.29) is 5.91 Å². The summed E-state index contributed by atoms with van der Waals surface area (Å²) in [5, 5.41) is 8.37. The van der Waals surface area contributed by atoms with Gasteiger partial charge in [0.05, 0.1) is 16.9 Å². The number of hydrogen-bond donors (Lipinski definition) is 1. The highest BCUT2D eigenvalue weighted by Gasteiger charge is 2.34. The number of aryl methyl sites for hydroxylation is 1. The van der Waals surface area contributed by atoms with Crippen LogP contribution in [-0.2, 0) is 4.79 Å². The normalized spacial score (nSPS) is 12.9. The van der Waals surface area contributed by atoms with Crippen LogP contribution in [0.5, 0.6) is 5.88 Å². The summed E-state index contributed by atoms with van der Waals surface area (Å²) < 4.78 is 7.44. The molecule has 1 aromatic heterocycles. The van der Waals surface area contributed by atoms with Crippen LogP contribution >= 0.6 is 11.6 Å². The van der Waals surface area contributed by atoms with Gasteiger partial charge in [-0.15, -0.1) is 0 Å². The van der Waals surface area contributed by atoms with Gasteiger partial charge in [0.25, 0.3) is 5.91 Å². The Bertz CT molecular complexity index is 1400. The number of aromatic nitrogens is 2.